The van der Waals surface area contributed by atoms with E-state index in [1.54, 1.807) is 7.05 Å². The fraction of sp³-hybridized carbons (Fsp3) is 0.889. The molecule has 0 aliphatic carbocycles. The number of amides is 1. The number of rotatable bonds is 7. The molecule has 2 saturated heterocycles. The fourth-order valence-electron chi connectivity index (χ4n) is 3.15. The molecule has 0 aromatic carbocycles. The van der Waals surface area contributed by atoms with Crippen molar-refractivity contribution in [3.63, 3.8) is 0 Å². The summed E-state index contributed by atoms with van der Waals surface area (Å²) in [7, 11) is 1.80. The second-order valence-corrected chi connectivity index (χ2v) is 7.07. The van der Waals surface area contributed by atoms with E-state index in [-0.39, 0.29) is 35.8 Å². The van der Waals surface area contributed by atoms with E-state index < -0.39 is 0 Å². The van der Waals surface area contributed by atoms with Gasteiger partial charge in [-0.25, -0.2) is 0 Å². The zero-order valence-electron chi connectivity index (χ0n) is 16.3. The number of aliphatic imine (C=N–C) groups is 1. The topological polar surface area (TPSA) is 75.2 Å². The summed E-state index contributed by atoms with van der Waals surface area (Å²) in [4.78, 5) is 18.2. The normalized spacial score (nSPS) is 21.6. The van der Waals surface area contributed by atoms with Gasteiger partial charge < -0.3 is 25.0 Å². The van der Waals surface area contributed by atoms with Gasteiger partial charge >= 0.3 is 0 Å². The third-order valence-electron chi connectivity index (χ3n) is 4.73. The zero-order valence-corrected chi connectivity index (χ0v) is 18.7. The lowest BCUT2D eigenvalue weighted by Gasteiger charge is -2.34. The molecule has 1 atom stereocenters. The van der Waals surface area contributed by atoms with Crippen molar-refractivity contribution in [2.45, 2.75) is 51.7 Å². The first-order valence-corrected chi connectivity index (χ1v) is 9.56. The Hall–Kier alpha value is -0.610. The van der Waals surface area contributed by atoms with Gasteiger partial charge in [0.1, 0.15) is 0 Å². The molecule has 0 spiro atoms. The number of nitrogens with one attached hydrogen (secondary N) is 2. The highest BCUT2D eigenvalue weighted by atomic mass is 127. The third kappa shape index (κ3) is 7.96. The Kier molecular flexibility index (Phi) is 11.5. The average Bonchev–Trinajstić information content (AvgIpc) is 3.14. The Bertz CT molecular complexity index is 434. The highest BCUT2D eigenvalue weighted by Gasteiger charge is 2.24. The lowest BCUT2D eigenvalue weighted by atomic mass is 10.1. The molecule has 2 aliphatic heterocycles. The zero-order chi connectivity index (χ0) is 18.1. The van der Waals surface area contributed by atoms with Gasteiger partial charge in [0.25, 0.3) is 0 Å². The van der Waals surface area contributed by atoms with Crippen molar-refractivity contribution in [2.75, 3.05) is 46.4 Å². The Labute approximate surface area is 174 Å². The summed E-state index contributed by atoms with van der Waals surface area (Å²) in [5.41, 5.74) is 0. The van der Waals surface area contributed by atoms with Gasteiger partial charge in [-0.3, -0.25) is 9.79 Å². The van der Waals surface area contributed by atoms with Crippen LogP contribution in [-0.2, 0) is 14.3 Å². The molecule has 0 aromatic heterocycles. The molecule has 8 heteroatoms. The molecule has 26 heavy (non-hydrogen) atoms. The predicted molar refractivity (Wildman–Crippen MR) is 114 cm³/mol. The Morgan fingerprint density at radius 2 is 1.92 bits per heavy atom. The van der Waals surface area contributed by atoms with Crippen molar-refractivity contribution in [1.29, 1.82) is 0 Å². The molecule has 2 fully saturated rings. The van der Waals surface area contributed by atoms with Crippen LogP contribution in [0.15, 0.2) is 4.99 Å². The second kappa shape index (κ2) is 12.7. The molecule has 7 nitrogen and oxygen atoms in total. The minimum atomic E-state index is 0. The first-order chi connectivity index (χ1) is 12.1. The largest absolute Gasteiger partial charge is 0.376 e. The number of ether oxygens (including phenoxy) is 2. The molecule has 0 saturated carbocycles. The molecule has 2 heterocycles. The summed E-state index contributed by atoms with van der Waals surface area (Å²) >= 11 is 0. The highest BCUT2D eigenvalue weighted by molar-refractivity contribution is 14.0. The van der Waals surface area contributed by atoms with E-state index in [0.29, 0.717) is 25.3 Å². The van der Waals surface area contributed by atoms with Gasteiger partial charge in [-0.1, -0.05) is 13.8 Å². The lowest BCUT2D eigenvalue weighted by molar-refractivity contribution is -0.123. The molecule has 1 amide bonds. The molecule has 0 radical (unpaired) electrons. The standard InChI is InChI=1S/C18H34N4O3.HI/c1-14(2)17(23)20-8-9-21-18(19-3)22-10-6-15(7-11-22)25-13-16-5-4-12-24-16;/h14-16H,4-13H2,1-3H3,(H,19,21)(H,20,23);1H. The van der Waals surface area contributed by atoms with E-state index in [1.807, 2.05) is 13.8 Å². The van der Waals surface area contributed by atoms with Crippen LogP contribution in [0.5, 0.6) is 0 Å². The summed E-state index contributed by atoms with van der Waals surface area (Å²) in [6, 6.07) is 0. The number of hydrogen-bond donors (Lipinski definition) is 2. The maximum atomic E-state index is 11.5. The molecular weight excluding hydrogens is 447 g/mol. The lowest BCUT2D eigenvalue weighted by Crippen LogP contribution is -2.48. The van der Waals surface area contributed by atoms with Crippen LogP contribution < -0.4 is 10.6 Å². The van der Waals surface area contributed by atoms with Gasteiger partial charge in [0, 0.05) is 45.8 Å². The minimum absolute atomic E-state index is 0. The quantitative estimate of drug-likeness (QED) is 0.250. The number of guanidine groups is 1. The van der Waals surface area contributed by atoms with Gasteiger partial charge in [0.2, 0.25) is 5.91 Å². The second-order valence-electron chi connectivity index (χ2n) is 7.07. The van der Waals surface area contributed by atoms with Crippen molar-refractivity contribution in [2.24, 2.45) is 10.9 Å². The van der Waals surface area contributed by atoms with Crippen LogP contribution in [-0.4, -0.2) is 75.4 Å². The highest BCUT2D eigenvalue weighted by Crippen LogP contribution is 2.17. The van der Waals surface area contributed by atoms with Crippen LogP contribution in [0, 0.1) is 5.92 Å². The van der Waals surface area contributed by atoms with Crippen LogP contribution in [0.3, 0.4) is 0 Å². The summed E-state index contributed by atoms with van der Waals surface area (Å²) in [6.45, 7) is 8.57. The maximum Gasteiger partial charge on any atom is 0.222 e. The van der Waals surface area contributed by atoms with Crippen molar-refractivity contribution in [3.05, 3.63) is 0 Å². The van der Waals surface area contributed by atoms with Crippen LogP contribution in [0.1, 0.15) is 39.5 Å². The van der Waals surface area contributed by atoms with E-state index in [0.717, 1.165) is 57.9 Å². The van der Waals surface area contributed by atoms with Gasteiger partial charge in [-0.2, -0.15) is 0 Å². The molecule has 1 unspecified atom stereocenters. The Morgan fingerprint density at radius 3 is 2.50 bits per heavy atom. The van der Waals surface area contributed by atoms with E-state index >= 15 is 0 Å². The van der Waals surface area contributed by atoms with Gasteiger partial charge in [0.05, 0.1) is 18.8 Å². The molecule has 2 rings (SSSR count). The van der Waals surface area contributed by atoms with E-state index in [4.69, 9.17) is 9.47 Å². The first-order valence-electron chi connectivity index (χ1n) is 9.56. The summed E-state index contributed by atoms with van der Waals surface area (Å²) in [5, 5.41) is 6.23. The van der Waals surface area contributed by atoms with Crippen LogP contribution in [0.25, 0.3) is 0 Å². The van der Waals surface area contributed by atoms with Gasteiger partial charge in [-0.15, -0.1) is 24.0 Å². The molecule has 2 aliphatic rings. The molecule has 2 N–H and O–H groups in total. The monoisotopic (exact) mass is 482 g/mol. The minimum Gasteiger partial charge on any atom is -0.376 e. The van der Waals surface area contributed by atoms with Crippen LogP contribution in [0.4, 0.5) is 0 Å². The smallest absolute Gasteiger partial charge is 0.222 e. The summed E-state index contributed by atoms with van der Waals surface area (Å²) in [6.07, 6.45) is 4.93. The molecule has 0 bridgehead atoms. The Morgan fingerprint density at radius 1 is 1.23 bits per heavy atom. The maximum absolute atomic E-state index is 11.5. The summed E-state index contributed by atoms with van der Waals surface area (Å²) < 4.78 is 11.6. The number of carbonyl (C=O) groups is 1. The van der Waals surface area contributed by atoms with E-state index in [9.17, 15) is 4.79 Å². The SMILES string of the molecule is CN=C(NCCNC(=O)C(C)C)N1CCC(OCC2CCCO2)CC1.I. The predicted octanol–water partition coefficient (Wildman–Crippen LogP) is 1.61. The van der Waals surface area contributed by atoms with Crippen molar-refractivity contribution in [1.82, 2.24) is 15.5 Å². The van der Waals surface area contributed by atoms with Crippen molar-refractivity contribution < 1.29 is 14.3 Å². The Balaban J connectivity index is 0.00000338. The van der Waals surface area contributed by atoms with Gasteiger partial charge in [-0.05, 0) is 25.7 Å². The van der Waals surface area contributed by atoms with Crippen molar-refractivity contribution >= 4 is 35.8 Å². The number of halogens is 1. The number of likely N-dealkylation sites (tertiary alicyclic amines) is 1. The van der Waals surface area contributed by atoms with Crippen LogP contribution >= 0.6 is 24.0 Å². The number of piperidine rings is 1. The molecule has 152 valence electrons. The molecular formula is C18H35IN4O3. The van der Waals surface area contributed by atoms with Gasteiger partial charge in [0.15, 0.2) is 5.96 Å². The van der Waals surface area contributed by atoms with Crippen LogP contribution in [0.2, 0.25) is 0 Å². The third-order valence-corrected chi connectivity index (χ3v) is 4.73. The molecule has 0 aromatic rings. The number of carbonyl (C=O) groups excluding carboxylic acids is 1. The fourth-order valence-corrected chi connectivity index (χ4v) is 3.15. The van der Waals surface area contributed by atoms with E-state index in [2.05, 4.69) is 20.5 Å². The average molecular weight is 482 g/mol. The first kappa shape index (κ1) is 23.4. The van der Waals surface area contributed by atoms with E-state index in [1.165, 1.54) is 0 Å². The summed E-state index contributed by atoms with van der Waals surface area (Å²) in [5.74, 6) is 1.00. The number of hydrogen-bond acceptors (Lipinski definition) is 4. The van der Waals surface area contributed by atoms with Crippen molar-refractivity contribution in [3.8, 4) is 0 Å². The number of nitrogens with zero attached hydrogens (tertiary/aromatic N) is 2.